The minimum Gasteiger partial charge on any atom is -0.495 e. The number of urea groups is 1. The van der Waals surface area contributed by atoms with Crippen LogP contribution in [0.2, 0.25) is 0 Å². The summed E-state index contributed by atoms with van der Waals surface area (Å²) in [4.78, 5) is 17.1. The van der Waals surface area contributed by atoms with E-state index in [1.165, 1.54) is 0 Å². The molecular formula is C21H30N6O2. The molecule has 2 fully saturated rings. The molecule has 2 aromatic rings. The molecule has 2 aliphatic heterocycles. The van der Waals surface area contributed by atoms with E-state index in [0.29, 0.717) is 5.92 Å². The maximum absolute atomic E-state index is 12.8. The summed E-state index contributed by atoms with van der Waals surface area (Å²) in [5.41, 5.74) is 1.13. The molecule has 1 aromatic carbocycles. The average molecular weight is 399 g/mol. The quantitative estimate of drug-likeness (QED) is 0.837. The summed E-state index contributed by atoms with van der Waals surface area (Å²) in [5.74, 6) is 1.34. The fraction of sp³-hybridized carbons (Fsp3) is 0.571. The second-order valence-electron chi connectivity index (χ2n) is 7.96. The van der Waals surface area contributed by atoms with Crippen molar-refractivity contribution in [3.63, 3.8) is 0 Å². The van der Waals surface area contributed by atoms with Gasteiger partial charge in [-0.15, -0.1) is 5.10 Å². The van der Waals surface area contributed by atoms with Gasteiger partial charge < -0.3 is 19.9 Å². The maximum atomic E-state index is 12.8. The standard InChI is InChI=1S/C21H30N6O2/c1-29-20-7-3-2-6-19(20)25-12-8-18(9-13-25)23-21(28)26-11-4-5-17(15-26)16-27-14-10-22-24-27/h2-3,6-7,10,14,17-18H,4-5,8-9,11-13,15-16H2,1H3,(H,23,28). The zero-order chi connectivity index (χ0) is 20.1. The Labute approximate surface area is 171 Å². The second kappa shape index (κ2) is 9.15. The molecule has 8 nitrogen and oxygen atoms in total. The van der Waals surface area contributed by atoms with Crippen molar-refractivity contribution in [1.82, 2.24) is 25.2 Å². The van der Waals surface area contributed by atoms with E-state index in [4.69, 9.17) is 4.74 Å². The van der Waals surface area contributed by atoms with E-state index in [0.717, 1.165) is 69.8 Å². The molecule has 0 spiro atoms. The number of likely N-dealkylation sites (tertiary alicyclic amines) is 1. The molecule has 156 valence electrons. The third-order valence-corrected chi connectivity index (χ3v) is 5.97. The lowest BCUT2D eigenvalue weighted by Gasteiger charge is -2.37. The third-order valence-electron chi connectivity index (χ3n) is 5.97. The first-order valence-corrected chi connectivity index (χ1v) is 10.5. The van der Waals surface area contributed by atoms with E-state index in [2.05, 4.69) is 26.6 Å². The Kier molecular flexibility index (Phi) is 6.17. The van der Waals surface area contributed by atoms with Gasteiger partial charge in [0.1, 0.15) is 5.75 Å². The SMILES string of the molecule is COc1ccccc1N1CCC(NC(=O)N2CCCC(Cn3ccnn3)C2)CC1. The molecule has 3 heterocycles. The Balaban J connectivity index is 1.26. The molecule has 1 unspecified atom stereocenters. The van der Waals surface area contributed by atoms with Crippen LogP contribution in [0.4, 0.5) is 10.5 Å². The van der Waals surface area contributed by atoms with E-state index in [9.17, 15) is 4.79 Å². The number of anilines is 1. The van der Waals surface area contributed by atoms with Crippen LogP contribution < -0.4 is 15.0 Å². The monoisotopic (exact) mass is 398 g/mol. The average Bonchev–Trinajstić information content (AvgIpc) is 3.27. The van der Waals surface area contributed by atoms with Crippen LogP contribution in [-0.2, 0) is 6.54 Å². The van der Waals surface area contributed by atoms with Gasteiger partial charge in [-0.25, -0.2) is 4.79 Å². The van der Waals surface area contributed by atoms with E-state index in [1.807, 2.05) is 34.0 Å². The molecule has 29 heavy (non-hydrogen) atoms. The Bertz CT molecular complexity index is 788. The second-order valence-corrected chi connectivity index (χ2v) is 7.96. The van der Waals surface area contributed by atoms with Crippen LogP contribution in [0, 0.1) is 5.92 Å². The number of amides is 2. The van der Waals surface area contributed by atoms with Crippen molar-refractivity contribution in [2.24, 2.45) is 5.92 Å². The summed E-state index contributed by atoms with van der Waals surface area (Å²) in [5, 5.41) is 11.2. The van der Waals surface area contributed by atoms with Crippen LogP contribution >= 0.6 is 0 Å². The van der Waals surface area contributed by atoms with Crippen molar-refractivity contribution in [1.29, 1.82) is 0 Å². The fourth-order valence-electron chi connectivity index (χ4n) is 4.41. The summed E-state index contributed by atoms with van der Waals surface area (Å²) >= 11 is 0. The summed E-state index contributed by atoms with van der Waals surface area (Å²) < 4.78 is 7.35. The van der Waals surface area contributed by atoms with Crippen LogP contribution in [0.3, 0.4) is 0 Å². The van der Waals surface area contributed by atoms with Gasteiger partial charge >= 0.3 is 6.03 Å². The lowest BCUT2D eigenvalue weighted by atomic mass is 9.98. The van der Waals surface area contributed by atoms with Gasteiger partial charge in [-0.1, -0.05) is 17.3 Å². The number of rotatable bonds is 5. The molecule has 1 atom stereocenters. The highest BCUT2D eigenvalue weighted by molar-refractivity contribution is 5.74. The van der Waals surface area contributed by atoms with Gasteiger partial charge in [-0.2, -0.15) is 0 Å². The fourth-order valence-corrected chi connectivity index (χ4v) is 4.41. The first-order chi connectivity index (χ1) is 14.2. The number of carbonyl (C=O) groups excluding carboxylic acids is 1. The zero-order valence-corrected chi connectivity index (χ0v) is 17.0. The number of ether oxygens (including phenoxy) is 1. The highest BCUT2D eigenvalue weighted by Crippen LogP contribution is 2.30. The molecule has 0 saturated carbocycles. The Morgan fingerprint density at radius 3 is 2.79 bits per heavy atom. The van der Waals surface area contributed by atoms with E-state index in [-0.39, 0.29) is 12.1 Å². The number of methoxy groups -OCH3 is 1. The van der Waals surface area contributed by atoms with Crippen LogP contribution in [0.5, 0.6) is 5.75 Å². The van der Waals surface area contributed by atoms with Crippen LogP contribution in [-0.4, -0.2) is 65.3 Å². The molecule has 2 amide bonds. The number of nitrogens with zero attached hydrogens (tertiary/aromatic N) is 5. The van der Waals surface area contributed by atoms with Crippen LogP contribution in [0.1, 0.15) is 25.7 Å². The number of benzene rings is 1. The third kappa shape index (κ3) is 4.81. The first kappa shape index (κ1) is 19.5. The molecule has 4 rings (SSSR count). The van der Waals surface area contributed by atoms with Gasteiger partial charge in [-0.05, 0) is 43.7 Å². The number of hydrogen-bond donors (Lipinski definition) is 1. The number of aromatic nitrogens is 3. The number of hydrogen-bond acceptors (Lipinski definition) is 5. The summed E-state index contributed by atoms with van der Waals surface area (Å²) in [6.45, 7) is 4.27. The smallest absolute Gasteiger partial charge is 0.317 e. The van der Waals surface area contributed by atoms with Crippen molar-refractivity contribution in [3.05, 3.63) is 36.7 Å². The molecule has 8 heteroatoms. The van der Waals surface area contributed by atoms with Crippen molar-refractivity contribution in [2.75, 3.05) is 38.2 Å². The molecule has 1 N–H and O–H groups in total. The van der Waals surface area contributed by atoms with Gasteiger partial charge in [0.25, 0.3) is 0 Å². The van der Waals surface area contributed by atoms with Crippen LogP contribution in [0.15, 0.2) is 36.7 Å². The van der Waals surface area contributed by atoms with Gasteiger partial charge in [0.2, 0.25) is 0 Å². The number of nitrogens with one attached hydrogen (secondary N) is 1. The van der Waals surface area contributed by atoms with Gasteiger partial charge in [-0.3, -0.25) is 4.68 Å². The molecular weight excluding hydrogens is 368 g/mol. The highest BCUT2D eigenvalue weighted by atomic mass is 16.5. The Hall–Kier alpha value is -2.77. The Morgan fingerprint density at radius 2 is 2.03 bits per heavy atom. The Morgan fingerprint density at radius 1 is 1.21 bits per heavy atom. The zero-order valence-electron chi connectivity index (χ0n) is 17.0. The number of para-hydroxylation sites is 2. The predicted molar refractivity (Wildman–Crippen MR) is 111 cm³/mol. The largest absolute Gasteiger partial charge is 0.495 e. The van der Waals surface area contributed by atoms with Crippen molar-refractivity contribution >= 4 is 11.7 Å². The van der Waals surface area contributed by atoms with Crippen molar-refractivity contribution in [2.45, 2.75) is 38.3 Å². The van der Waals surface area contributed by atoms with E-state index in [1.54, 1.807) is 13.3 Å². The van der Waals surface area contributed by atoms with Crippen molar-refractivity contribution < 1.29 is 9.53 Å². The van der Waals surface area contributed by atoms with E-state index >= 15 is 0 Å². The maximum Gasteiger partial charge on any atom is 0.317 e. The molecule has 1 aromatic heterocycles. The molecule has 2 aliphatic rings. The molecule has 0 radical (unpaired) electrons. The lowest BCUT2D eigenvalue weighted by Crippen LogP contribution is -2.51. The molecule has 0 bridgehead atoms. The minimum atomic E-state index is 0.0732. The van der Waals surface area contributed by atoms with Crippen LogP contribution in [0.25, 0.3) is 0 Å². The topological polar surface area (TPSA) is 75.5 Å². The van der Waals surface area contributed by atoms with Gasteiger partial charge in [0.15, 0.2) is 0 Å². The highest BCUT2D eigenvalue weighted by Gasteiger charge is 2.27. The summed E-state index contributed by atoms with van der Waals surface area (Å²) in [6, 6.07) is 8.42. The molecule has 2 saturated heterocycles. The van der Waals surface area contributed by atoms with Gasteiger partial charge in [0, 0.05) is 45.0 Å². The van der Waals surface area contributed by atoms with Gasteiger partial charge in [0.05, 0.1) is 19.0 Å². The number of carbonyl (C=O) groups is 1. The predicted octanol–water partition coefficient (Wildman–Crippen LogP) is 2.38. The van der Waals surface area contributed by atoms with E-state index < -0.39 is 0 Å². The molecule has 0 aliphatic carbocycles. The minimum absolute atomic E-state index is 0.0732. The first-order valence-electron chi connectivity index (χ1n) is 10.5. The summed E-state index contributed by atoms with van der Waals surface area (Å²) in [6.07, 6.45) is 7.64. The normalized spacial score (nSPS) is 20.5. The number of piperidine rings is 2. The lowest BCUT2D eigenvalue weighted by molar-refractivity contribution is 0.153. The van der Waals surface area contributed by atoms with Crippen molar-refractivity contribution in [3.8, 4) is 5.75 Å². The summed E-state index contributed by atoms with van der Waals surface area (Å²) in [7, 11) is 1.71.